The van der Waals surface area contributed by atoms with Gasteiger partial charge in [0.1, 0.15) is 5.82 Å². The fourth-order valence-corrected chi connectivity index (χ4v) is 3.74. The average Bonchev–Trinajstić information content (AvgIpc) is 3.06. The summed E-state index contributed by atoms with van der Waals surface area (Å²) in [4.78, 5) is 14.6. The molecule has 3 heterocycles. The van der Waals surface area contributed by atoms with Gasteiger partial charge in [-0.15, -0.1) is 10.2 Å². The summed E-state index contributed by atoms with van der Waals surface area (Å²) in [5.74, 6) is 1.43. The fraction of sp³-hybridized carbons (Fsp3) is 0.278. The van der Waals surface area contributed by atoms with Gasteiger partial charge >= 0.3 is 0 Å². The number of carbonyl (C=O) groups excluding carboxylic acids is 1. The highest BCUT2D eigenvalue weighted by Crippen LogP contribution is 2.28. The number of likely N-dealkylation sites (tertiary alicyclic amines) is 1. The average molecular weight is 385 g/mol. The van der Waals surface area contributed by atoms with Crippen molar-refractivity contribution >= 4 is 27.5 Å². The minimum absolute atomic E-state index is 0.0898. The molecule has 0 unspecified atom stereocenters. The molecule has 1 saturated heterocycles. The zero-order chi connectivity index (χ0) is 16.5. The molecule has 24 heavy (non-hydrogen) atoms. The van der Waals surface area contributed by atoms with E-state index in [9.17, 15) is 4.79 Å². The van der Waals surface area contributed by atoms with Crippen LogP contribution in [0.25, 0.3) is 5.65 Å². The number of fused-ring (bicyclic) bond motifs is 1. The maximum atomic E-state index is 12.7. The summed E-state index contributed by atoms with van der Waals surface area (Å²) in [7, 11) is 0. The molecule has 0 aliphatic carbocycles. The monoisotopic (exact) mass is 384 g/mol. The molecule has 1 fully saturated rings. The molecular weight excluding hydrogens is 368 g/mol. The number of piperidine rings is 1. The number of hydrogen-bond donors (Lipinski definition) is 0. The van der Waals surface area contributed by atoms with Gasteiger partial charge < -0.3 is 4.90 Å². The Balaban J connectivity index is 1.49. The lowest BCUT2D eigenvalue weighted by molar-refractivity contribution is 0.0710. The summed E-state index contributed by atoms with van der Waals surface area (Å²) >= 11 is 3.46. The first kappa shape index (κ1) is 15.3. The van der Waals surface area contributed by atoms with E-state index < -0.39 is 0 Å². The third-order valence-corrected chi connectivity index (χ3v) is 5.28. The van der Waals surface area contributed by atoms with E-state index in [-0.39, 0.29) is 5.91 Å². The molecule has 1 amide bonds. The minimum Gasteiger partial charge on any atom is -0.339 e. The lowest BCUT2D eigenvalue weighted by Crippen LogP contribution is -2.38. The van der Waals surface area contributed by atoms with Crippen LogP contribution in [0.1, 0.15) is 34.9 Å². The zero-order valence-corrected chi connectivity index (χ0v) is 14.7. The van der Waals surface area contributed by atoms with Crippen molar-refractivity contribution in [1.82, 2.24) is 19.5 Å². The third-order valence-electron chi connectivity index (χ3n) is 4.59. The number of rotatable bonds is 2. The van der Waals surface area contributed by atoms with Crippen molar-refractivity contribution in [2.24, 2.45) is 0 Å². The Hall–Kier alpha value is -2.21. The van der Waals surface area contributed by atoms with Crippen LogP contribution >= 0.6 is 15.9 Å². The second kappa shape index (κ2) is 6.36. The molecule has 3 aromatic rings. The highest BCUT2D eigenvalue weighted by Gasteiger charge is 2.27. The fourth-order valence-electron chi connectivity index (χ4n) is 3.28. The molecule has 0 atom stereocenters. The maximum absolute atomic E-state index is 12.7. The first-order valence-electron chi connectivity index (χ1n) is 8.07. The van der Waals surface area contributed by atoms with Crippen molar-refractivity contribution in [2.75, 3.05) is 13.1 Å². The Kier molecular flexibility index (Phi) is 4.06. The summed E-state index contributed by atoms with van der Waals surface area (Å²) < 4.78 is 2.90. The normalized spacial score (nSPS) is 15.8. The molecule has 122 valence electrons. The Morgan fingerprint density at radius 3 is 2.58 bits per heavy atom. The van der Waals surface area contributed by atoms with Crippen molar-refractivity contribution in [3.8, 4) is 0 Å². The highest BCUT2D eigenvalue weighted by atomic mass is 79.9. The third kappa shape index (κ3) is 2.71. The maximum Gasteiger partial charge on any atom is 0.254 e. The lowest BCUT2D eigenvalue weighted by atomic mass is 9.95. The number of pyridine rings is 1. The highest BCUT2D eigenvalue weighted by molar-refractivity contribution is 9.10. The Bertz CT molecular complexity index is 883. The van der Waals surface area contributed by atoms with Crippen molar-refractivity contribution in [3.63, 3.8) is 0 Å². The molecule has 0 bridgehead atoms. The quantitative estimate of drug-likeness (QED) is 0.679. The Morgan fingerprint density at radius 2 is 1.79 bits per heavy atom. The molecular formula is C18H17BrN4O. The summed E-state index contributed by atoms with van der Waals surface area (Å²) in [6.07, 6.45) is 3.82. The van der Waals surface area contributed by atoms with Gasteiger partial charge in [-0.2, -0.15) is 0 Å². The van der Waals surface area contributed by atoms with Gasteiger partial charge in [0, 0.05) is 29.7 Å². The number of aromatic nitrogens is 3. The lowest BCUT2D eigenvalue weighted by Gasteiger charge is -2.31. The SMILES string of the molecule is O=C(c1ccccc1Br)N1CCC(c2nnc3ccccn23)CC1. The van der Waals surface area contributed by atoms with Crippen LogP contribution in [-0.2, 0) is 0 Å². The molecule has 1 aromatic carbocycles. The van der Waals surface area contributed by atoms with Crippen LogP contribution in [0.15, 0.2) is 53.1 Å². The minimum atomic E-state index is 0.0898. The van der Waals surface area contributed by atoms with E-state index in [1.807, 2.05) is 53.6 Å². The second-order valence-electron chi connectivity index (χ2n) is 6.03. The molecule has 4 rings (SSSR count). The van der Waals surface area contributed by atoms with E-state index in [1.54, 1.807) is 0 Å². The van der Waals surface area contributed by atoms with Crippen LogP contribution in [0, 0.1) is 0 Å². The number of hydrogen-bond acceptors (Lipinski definition) is 3. The van der Waals surface area contributed by atoms with E-state index in [4.69, 9.17) is 0 Å². The van der Waals surface area contributed by atoms with Gasteiger partial charge in [0.05, 0.1) is 5.56 Å². The van der Waals surface area contributed by atoms with Crippen molar-refractivity contribution in [1.29, 1.82) is 0 Å². The van der Waals surface area contributed by atoms with Crippen LogP contribution < -0.4 is 0 Å². The number of nitrogens with zero attached hydrogens (tertiary/aromatic N) is 4. The van der Waals surface area contributed by atoms with Gasteiger partial charge in [0.25, 0.3) is 5.91 Å². The number of amides is 1. The predicted molar refractivity (Wildman–Crippen MR) is 95.0 cm³/mol. The molecule has 2 aromatic heterocycles. The molecule has 0 radical (unpaired) electrons. The van der Waals surface area contributed by atoms with Crippen molar-refractivity contribution in [3.05, 3.63) is 64.5 Å². The number of benzene rings is 1. The molecule has 0 N–H and O–H groups in total. The second-order valence-corrected chi connectivity index (χ2v) is 6.89. The van der Waals surface area contributed by atoms with Gasteiger partial charge in [-0.1, -0.05) is 18.2 Å². The van der Waals surface area contributed by atoms with Crippen LogP contribution in [0.2, 0.25) is 0 Å². The molecule has 5 nitrogen and oxygen atoms in total. The molecule has 6 heteroatoms. The van der Waals surface area contributed by atoms with Gasteiger partial charge in [-0.25, -0.2) is 0 Å². The predicted octanol–water partition coefficient (Wildman–Crippen LogP) is 3.51. The van der Waals surface area contributed by atoms with Crippen molar-refractivity contribution in [2.45, 2.75) is 18.8 Å². The van der Waals surface area contributed by atoms with E-state index in [2.05, 4.69) is 30.5 Å². The van der Waals surface area contributed by atoms with Gasteiger partial charge in [0.15, 0.2) is 5.65 Å². The van der Waals surface area contributed by atoms with Crippen LogP contribution in [0.5, 0.6) is 0 Å². The largest absolute Gasteiger partial charge is 0.339 e. The Labute approximate surface area is 148 Å². The summed E-state index contributed by atoms with van der Waals surface area (Å²) in [5, 5.41) is 8.60. The molecule has 0 saturated carbocycles. The molecule has 1 aliphatic rings. The summed E-state index contributed by atoms with van der Waals surface area (Å²) in [6.45, 7) is 1.49. The van der Waals surface area contributed by atoms with E-state index in [0.29, 0.717) is 5.92 Å². The van der Waals surface area contributed by atoms with E-state index in [1.165, 1.54) is 0 Å². The number of carbonyl (C=O) groups is 1. The molecule has 1 aliphatic heterocycles. The van der Waals surface area contributed by atoms with Crippen molar-refractivity contribution < 1.29 is 4.79 Å². The zero-order valence-electron chi connectivity index (χ0n) is 13.1. The Morgan fingerprint density at radius 1 is 1.04 bits per heavy atom. The van der Waals surface area contributed by atoms with Gasteiger partial charge in [-0.05, 0) is 53.0 Å². The first-order valence-corrected chi connectivity index (χ1v) is 8.87. The smallest absolute Gasteiger partial charge is 0.254 e. The van der Waals surface area contributed by atoms with E-state index >= 15 is 0 Å². The van der Waals surface area contributed by atoms with Crippen LogP contribution in [0.4, 0.5) is 0 Å². The first-order chi connectivity index (χ1) is 11.7. The van der Waals surface area contributed by atoms with Gasteiger partial charge in [-0.3, -0.25) is 9.20 Å². The molecule has 0 spiro atoms. The topological polar surface area (TPSA) is 50.5 Å². The van der Waals surface area contributed by atoms with Crippen LogP contribution in [-0.4, -0.2) is 38.5 Å². The standard InChI is InChI=1S/C18H17BrN4O/c19-15-6-2-1-5-14(15)18(24)22-11-8-13(9-12-22)17-21-20-16-7-3-4-10-23(16)17/h1-7,10,13H,8-9,11-12H2. The van der Waals surface area contributed by atoms with Crippen LogP contribution in [0.3, 0.4) is 0 Å². The summed E-state index contributed by atoms with van der Waals surface area (Å²) in [6, 6.07) is 13.5. The number of halogens is 1. The van der Waals surface area contributed by atoms with E-state index in [0.717, 1.165) is 47.4 Å². The summed E-state index contributed by atoms with van der Waals surface area (Å²) in [5.41, 5.74) is 1.60. The van der Waals surface area contributed by atoms with Gasteiger partial charge in [0.2, 0.25) is 0 Å².